The van der Waals surface area contributed by atoms with Gasteiger partial charge in [-0.25, -0.2) is 4.68 Å². The zero-order chi connectivity index (χ0) is 21.3. The van der Waals surface area contributed by atoms with Crippen LogP contribution in [0.25, 0.3) is 5.69 Å². The van der Waals surface area contributed by atoms with Gasteiger partial charge in [0.1, 0.15) is 0 Å². The highest BCUT2D eigenvalue weighted by atomic mass is 35.5. The number of benzene rings is 2. The van der Waals surface area contributed by atoms with E-state index in [1.165, 1.54) is 5.56 Å². The maximum Gasteiger partial charge on any atom is 0.276 e. The predicted molar refractivity (Wildman–Crippen MR) is 118 cm³/mol. The second kappa shape index (κ2) is 8.58. The highest BCUT2D eigenvalue weighted by Crippen LogP contribution is 2.28. The third-order valence-corrected chi connectivity index (χ3v) is 6.22. The Hall–Kier alpha value is -2.70. The molecule has 4 rings (SSSR count). The Kier molecular flexibility index (Phi) is 5.88. The normalized spacial score (nSPS) is 15.9. The molecule has 0 bridgehead atoms. The number of carbonyl (C=O) groups is 1. The van der Waals surface area contributed by atoms with Gasteiger partial charge in [-0.15, -0.1) is 5.10 Å². The van der Waals surface area contributed by atoms with Crippen LogP contribution in [0, 0.1) is 13.8 Å². The summed E-state index contributed by atoms with van der Waals surface area (Å²) >= 11 is 6.37. The minimum absolute atomic E-state index is 0.0593. The lowest BCUT2D eigenvalue weighted by molar-refractivity contribution is 0.0576. The summed E-state index contributed by atoms with van der Waals surface area (Å²) in [6.45, 7) is 9.00. The average Bonchev–Trinajstić information content (AvgIpc) is 3.15. The summed E-state index contributed by atoms with van der Waals surface area (Å²) in [5.41, 5.74) is 4.38. The Morgan fingerprint density at radius 2 is 1.67 bits per heavy atom. The Morgan fingerprint density at radius 1 is 1.00 bits per heavy atom. The molecule has 156 valence electrons. The summed E-state index contributed by atoms with van der Waals surface area (Å²) < 4.78 is 1.72. The van der Waals surface area contributed by atoms with Gasteiger partial charge in [-0.1, -0.05) is 52.7 Å². The van der Waals surface area contributed by atoms with Crippen molar-refractivity contribution in [2.24, 2.45) is 0 Å². The lowest BCUT2D eigenvalue weighted by Gasteiger charge is -2.38. The number of halogens is 1. The number of hydrogen-bond donors (Lipinski definition) is 0. The topological polar surface area (TPSA) is 54.3 Å². The second-order valence-electron chi connectivity index (χ2n) is 7.80. The van der Waals surface area contributed by atoms with Gasteiger partial charge in [-0.05, 0) is 44.5 Å². The Morgan fingerprint density at radius 3 is 2.33 bits per heavy atom. The minimum atomic E-state index is -0.0593. The molecule has 6 nitrogen and oxygen atoms in total. The molecule has 1 amide bonds. The molecule has 1 aliphatic heterocycles. The summed E-state index contributed by atoms with van der Waals surface area (Å²) in [5.74, 6) is -0.0593. The SMILES string of the molecule is Cc1ccc(-n2nnc(C(=O)N3CCN(C(C)c4ccccc4Cl)CC3)c2C)cc1. The molecule has 2 aromatic carbocycles. The zero-order valence-corrected chi connectivity index (χ0v) is 18.3. The van der Waals surface area contributed by atoms with Crippen molar-refractivity contribution in [1.82, 2.24) is 24.8 Å². The van der Waals surface area contributed by atoms with Gasteiger partial charge >= 0.3 is 0 Å². The summed E-state index contributed by atoms with van der Waals surface area (Å²) in [6.07, 6.45) is 0. The molecule has 1 atom stereocenters. The quantitative estimate of drug-likeness (QED) is 0.635. The van der Waals surface area contributed by atoms with E-state index in [0.717, 1.165) is 35.1 Å². The van der Waals surface area contributed by atoms with E-state index in [2.05, 4.69) is 28.2 Å². The van der Waals surface area contributed by atoms with Crippen LogP contribution in [0.4, 0.5) is 0 Å². The van der Waals surface area contributed by atoms with Crippen LogP contribution in [0.1, 0.15) is 40.3 Å². The van der Waals surface area contributed by atoms with Gasteiger partial charge in [0.05, 0.1) is 11.4 Å². The van der Waals surface area contributed by atoms with Gasteiger partial charge in [0.2, 0.25) is 0 Å². The molecule has 1 aliphatic rings. The third kappa shape index (κ3) is 3.98. The van der Waals surface area contributed by atoms with Gasteiger partial charge in [0.15, 0.2) is 5.69 Å². The van der Waals surface area contributed by atoms with Crippen molar-refractivity contribution < 1.29 is 4.79 Å². The largest absolute Gasteiger partial charge is 0.335 e. The summed E-state index contributed by atoms with van der Waals surface area (Å²) in [4.78, 5) is 17.3. The number of amides is 1. The van der Waals surface area contributed by atoms with Crippen molar-refractivity contribution in [2.45, 2.75) is 26.8 Å². The fraction of sp³-hybridized carbons (Fsp3) is 0.348. The van der Waals surface area contributed by atoms with Crippen LogP contribution in [0.2, 0.25) is 5.02 Å². The molecule has 1 aromatic heterocycles. The first-order valence-electron chi connectivity index (χ1n) is 10.2. The number of aryl methyl sites for hydroxylation is 1. The van der Waals surface area contributed by atoms with Crippen molar-refractivity contribution in [2.75, 3.05) is 26.2 Å². The molecule has 0 saturated carbocycles. The summed E-state index contributed by atoms with van der Waals surface area (Å²) in [5, 5.41) is 9.20. The van der Waals surface area contributed by atoms with Crippen molar-refractivity contribution >= 4 is 17.5 Å². The fourth-order valence-corrected chi connectivity index (χ4v) is 4.22. The van der Waals surface area contributed by atoms with E-state index in [4.69, 9.17) is 11.6 Å². The maximum atomic E-state index is 13.1. The van der Waals surface area contributed by atoms with E-state index in [-0.39, 0.29) is 11.9 Å². The zero-order valence-electron chi connectivity index (χ0n) is 17.5. The van der Waals surface area contributed by atoms with Gasteiger partial charge in [0, 0.05) is 37.2 Å². The Labute approximate surface area is 182 Å². The van der Waals surface area contributed by atoms with E-state index in [9.17, 15) is 4.79 Å². The van der Waals surface area contributed by atoms with Gasteiger partial charge in [-0.2, -0.15) is 0 Å². The number of rotatable bonds is 4. The molecule has 1 fully saturated rings. The third-order valence-electron chi connectivity index (χ3n) is 5.88. The van der Waals surface area contributed by atoms with Crippen molar-refractivity contribution in [3.05, 3.63) is 76.1 Å². The maximum absolute atomic E-state index is 13.1. The lowest BCUT2D eigenvalue weighted by Crippen LogP contribution is -2.49. The van der Waals surface area contributed by atoms with E-state index in [0.29, 0.717) is 18.8 Å². The molecule has 0 radical (unpaired) electrons. The van der Waals surface area contributed by atoms with Crippen LogP contribution >= 0.6 is 11.6 Å². The molecule has 7 heteroatoms. The predicted octanol–water partition coefficient (Wildman–Crippen LogP) is 4.06. The second-order valence-corrected chi connectivity index (χ2v) is 8.20. The van der Waals surface area contributed by atoms with Gasteiger partial charge in [0.25, 0.3) is 5.91 Å². The molecule has 0 aliphatic carbocycles. The number of hydrogen-bond acceptors (Lipinski definition) is 4. The molecule has 2 heterocycles. The first kappa shape index (κ1) is 20.6. The number of carbonyl (C=O) groups excluding carboxylic acids is 1. The van der Waals surface area contributed by atoms with E-state index in [1.807, 2.05) is 61.2 Å². The molecular formula is C23H26ClN5O. The van der Waals surface area contributed by atoms with Crippen LogP contribution in [0.5, 0.6) is 0 Å². The molecule has 1 saturated heterocycles. The van der Waals surface area contributed by atoms with Crippen LogP contribution in [0.15, 0.2) is 48.5 Å². The Balaban J connectivity index is 1.44. The van der Waals surface area contributed by atoms with Gasteiger partial charge < -0.3 is 4.90 Å². The van der Waals surface area contributed by atoms with Crippen molar-refractivity contribution in [3.8, 4) is 5.69 Å². The molecule has 1 unspecified atom stereocenters. The van der Waals surface area contributed by atoms with Crippen LogP contribution in [0.3, 0.4) is 0 Å². The minimum Gasteiger partial charge on any atom is -0.335 e. The van der Waals surface area contributed by atoms with Crippen LogP contribution < -0.4 is 0 Å². The summed E-state index contributed by atoms with van der Waals surface area (Å²) in [7, 11) is 0. The van der Waals surface area contributed by atoms with E-state index in [1.54, 1.807) is 4.68 Å². The molecule has 0 N–H and O–H groups in total. The smallest absolute Gasteiger partial charge is 0.276 e. The highest BCUT2D eigenvalue weighted by Gasteiger charge is 2.28. The molecule has 3 aromatic rings. The van der Waals surface area contributed by atoms with Gasteiger partial charge in [-0.3, -0.25) is 9.69 Å². The average molecular weight is 424 g/mol. The van der Waals surface area contributed by atoms with E-state index >= 15 is 0 Å². The molecule has 0 spiro atoms. The van der Waals surface area contributed by atoms with E-state index < -0.39 is 0 Å². The first-order valence-corrected chi connectivity index (χ1v) is 10.6. The standard InChI is InChI=1S/C23H26ClN5O/c1-16-8-10-19(11-9-16)29-18(3)22(25-26-29)23(30)28-14-12-27(13-15-28)17(2)20-6-4-5-7-21(20)24/h4-11,17H,12-15H2,1-3H3. The molecular weight excluding hydrogens is 398 g/mol. The highest BCUT2D eigenvalue weighted by molar-refractivity contribution is 6.31. The monoisotopic (exact) mass is 423 g/mol. The molecule has 30 heavy (non-hydrogen) atoms. The number of aromatic nitrogens is 3. The summed E-state index contributed by atoms with van der Waals surface area (Å²) in [6, 6.07) is 16.2. The van der Waals surface area contributed by atoms with Crippen LogP contribution in [-0.4, -0.2) is 56.9 Å². The van der Waals surface area contributed by atoms with Crippen molar-refractivity contribution in [3.63, 3.8) is 0 Å². The fourth-order valence-electron chi connectivity index (χ4n) is 3.93. The lowest BCUT2D eigenvalue weighted by atomic mass is 10.1. The first-order chi connectivity index (χ1) is 14.5. The van der Waals surface area contributed by atoms with Crippen molar-refractivity contribution in [1.29, 1.82) is 0 Å². The number of nitrogens with zero attached hydrogens (tertiary/aromatic N) is 5. The number of piperazine rings is 1. The van der Waals surface area contributed by atoms with Crippen LogP contribution in [-0.2, 0) is 0 Å². The Bertz CT molecular complexity index is 1040.